The van der Waals surface area contributed by atoms with E-state index in [4.69, 9.17) is 9.47 Å². The lowest BCUT2D eigenvalue weighted by Gasteiger charge is -2.37. The summed E-state index contributed by atoms with van der Waals surface area (Å²) in [6, 6.07) is 20.8. The van der Waals surface area contributed by atoms with Crippen LogP contribution < -0.4 is 0 Å². The smallest absolute Gasteiger partial charge is 0.309 e. The second-order valence-electron chi connectivity index (χ2n) is 12.1. The van der Waals surface area contributed by atoms with Crippen LogP contribution >= 0.6 is 0 Å². The molecule has 1 saturated heterocycles. The van der Waals surface area contributed by atoms with Crippen molar-refractivity contribution in [2.24, 2.45) is 16.7 Å². The summed E-state index contributed by atoms with van der Waals surface area (Å²) in [5, 5.41) is 9.26. The molecule has 0 amide bonds. The molecule has 1 aliphatic heterocycles. The maximum absolute atomic E-state index is 12.1. The van der Waals surface area contributed by atoms with Crippen LogP contribution in [0.1, 0.15) is 63.5 Å². The Kier molecular flexibility index (Phi) is 11.4. The molecule has 2 aromatic carbocycles. The van der Waals surface area contributed by atoms with Crippen molar-refractivity contribution in [2.45, 2.75) is 65.5 Å². The van der Waals surface area contributed by atoms with E-state index < -0.39 is 0 Å². The van der Waals surface area contributed by atoms with Crippen LogP contribution in [0.5, 0.6) is 0 Å². The monoisotopic (exact) mass is 564 g/mol. The number of rotatable bonds is 13. The first-order valence-corrected chi connectivity index (χ1v) is 15.4. The fraction of sp³-hybridized carbons (Fsp3) is 0.588. The predicted molar refractivity (Wildman–Crippen MR) is 160 cm³/mol. The zero-order valence-corrected chi connectivity index (χ0v) is 24.9. The number of nitrogens with zero attached hydrogens (tertiary/aromatic N) is 2. The van der Waals surface area contributed by atoms with Crippen molar-refractivity contribution in [3.05, 3.63) is 71.8 Å². The topological polar surface area (TPSA) is 79.3 Å². The van der Waals surface area contributed by atoms with Crippen LogP contribution in [0.15, 0.2) is 60.7 Å². The molecule has 2 aliphatic carbocycles. The van der Waals surface area contributed by atoms with E-state index in [1.165, 1.54) is 24.0 Å². The molecule has 1 unspecified atom stereocenters. The fourth-order valence-electron chi connectivity index (χ4n) is 6.26. The zero-order valence-electron chi connectivity index (χ0n) is 24.9. The number of aliphatic hydroxyl groups is 1. The molecule has 0 aromatic heterocycles. The third-order valence-electron chi connectivity index (χ3n) is 8.73. The van der Waals surface area contributed by atoms with Crippen molar-refractivity contribution < 1.29 is 24.2 Å². The van der Waals surface area contributed by atoms with E-state index >= 15 is 0 Å². The van der Waals surface area contributed by atoms with E-state index in [2.05, 4.69) is 52.3 Å². The molecular weight excluding hydrogens is 516 g/mol. The van der Waals surface area contributed by atoms with Gasteiger partial charge < -0.3 is 14.6 Å². The number of ether oxygens (including phenoxy) is 2. The second kappa shape index (κ2) is 14.9. The molecule has 3 fully saturated rings. The quantitative estimate of drug-likeness (QED) is 0.341. The SMILES string of the molecule is CCOC(=O)C1CCN(Cc2ccccc2)CC12CC2.CCOC(=O)CC1(CN(CCO)Cc2ccccc2)CC1. The molecule has 1 heterocycles. The molecule has 3 aliphatic rings. The van der Waals surface area contributed by atoms with Crippen LogP contribution in [-0.2, 0) is 32.2 Å². The molecule has 1 atom stereocenters. The van der Waals surface area contributed by atoms with Crippen LogP contribution in [0.25, 0.3) is 0 Å². The Morgan fingerprint density at radius 1 is 0.927 bits per heavy atom. The lowest BCUT2D eigenvalue weighted by atomic mass is 9.82. The van der Waals surface area contributed by atoms with Crippen molar-refractivity contribution in [3.8, 4) is 0 Å². The number of aliphatic hydroxyl groups excluding tert-OH is 1. The first-order chi connectivity index (χ1) is 19.9. The van der Waals surface area contributed by atoms with Gasteiger partial charge >= 0.3 is 11.9 Å². The minimum absolute atomic E-state index is 0.0318. The van der Waals surface area contributed by atoms with Crippen molar-refractivity contribution in [2.75, 3.05) is 46.0 Å². The van der Waals surface area contributed by atoms with Gasteiger partial charge in [0.05, 0.1) is 32.2 Å². The van der Waals surface area contributed by atoms with Gasteiger partial charge in [0.25, 0.3) is 0 Å². The summed E-state index contributed by atoms with van der Waals surface area (Å²) in [6.07, 6.45) is 5.96. The number of benzene rings is 2. The summed E-state index contributed by atoms with van der Waals surface area (Å²) >= 11 is 0. The number of carbonyl (C=O) groups excluding carboxylic acids is 2. The molecule has 7 nitrogen and oxygen atoms in total. The highest BCUT2D eigenvalue weighted by atomic mass is 16.5. The van der Waals surface area contributed by atoms with Gasteiger partial charge in [0.2, 0.25) is 0 Å². The number of hydrogen-bond acceptors (Lipinski definition) is 7. The summed E-state index contributed by atoms with van der Waals surface area (Å²) in [7, 11) is 0. The second-order valence-corrected chi connectivity index (χ2v) is 12.1. The van der Waals surface area contributed by atoms with E-state index in [-0.39, 0.29) is 35.3 Å². The van der Waals surface area contributed by atoms with Gasteiger partial charge in [-0.15, -0.1) is 0 Å². The number of likely N-dealkylation sites (tertiary alicyclic amines) is 1. The Labute approximate surface area is 245 Å². The summed E-state index contributed by atoms with van der Waals surface area (Å²) < 4.78 is 10.3. The minimum atomic E-state index is -0.0985. The predicted octanol–water partition coefficient (Wildman–Crippen LogP) is 5.07. The molecule has 7 heteroatoms. The lowest BCUT2D eigenvalue weighted by Crippen LogP contribution is -2.44. The van der Waals surface area contributed by atoms with Crippen LogP contribution in [-0.4, -0.2) is 72.8 Å². The van der Waals surface area contributed by atoms with Gasteiger partial charge in [-0.25, -0.2) is 0 Å². The number of carbonyl (C=O) groups is 2. The van der Waals surface area contributed by atoms with Crippen LogP contribution in [0.2, 0.25) is 0 Å². The first kappa shape index (κ1) is 31.2. The average Bonchev–Trinajstić information content (AvgIpc) is 3.89. The molecule has 1 spiro atoms. The van der Waals surface area contributed by atoms with E-state index in [0.717, 1.165) is 52.0 Å². The van der Waals surface area contributed by atoms with Gasteiger partial charge in [-0.1, -0.05) is 60.7 Å². The number of hydrogen-bond donors (Lipinski definition) is 1. The molecule has 224 valence electrons. The average molecular weight is 565 g/mol. The molecule has 0 bridgehead atoms. The highest BCUT2D eigenvalue weighted by Gasteiger charge is 2.55. The fourth-order valence-corrected chi connectivity index (χ4v) is 6.26. The standard InChI is InChI=1S/C17H25NO3.C17H23NO2/c1-2-21-16(20)12-17(8-9-17)14-18(10-11-19)13-15-6-4-3-5-7-15;1-2-20-16(19)15-8-11-18(13-17(15)9-10-17)12-14-6-4-3-5-7-14/h3-7,19H,2,8-14H2,1H3;3-7,15H,2,8-13H2,1H3. The minimum Gasteiger partial charge on any atom is -0.466 e. The normalized spacial score (nSPS) is 20.1. The Morgan fingerprint density at radius 2 is 1.56 bits per heavy atom. The third kappa shape index (κ3) is 9.38. The van der Waals surface area contributed by atoms with Gasteiger partial charge in [-0.05, 0) is 74.5 Å². The largest absolute Gasteiger partial charge is 0.466 e. The van der Waals surface area contributed by atoms with E-state index in [9.17, 15) is 14.7 Å². The van der Waals surface area contributed by atoms with Crippen molar-refractivity contribution >= 4 is 11.9 Å². The molecule has 5 rings (SSSR count). The summed E-state index contributed by atoms with van der Waals surface area (Å²) in [5.41, 5.74) is 2.88. The zero-order chi connectivity index (χ0) is 29.1. The Hall–Kier alpha value is -2.74. The Morgan fingerprint density at radius 3 is 2.12 bits per heavy atom. The number of piperidine rings is 1. The lowest BCUT2D eigenvalue weighted by molar-refractivity contribution is -0.153. The summed E-state index contributed by atoms with van der Waals surface area (Å²) in [4.78, 5) is 28.5. The van der Waals surface area contributed by atoms with E-state index in [1.807, 2.05) is 32.0 Å². The third-order valence-corrected chi connectivity index (χ3v) is 8.73. The van der Waals surface area contributed by atoms with Gasteiger partial charge in [0.15, 0.2) is 0 Å². The highest BCUT2D eigenvalue weighted by molar-refractivity contribution is 5.74. The molecule has 0 radical (unpaired) electrons. The Bertz CT molecular complexity index is 1080. The maximum atomic E-state index is 12.1. The van der Waals surface area contributed by atoms with Gasteiger partial charge in [-0.2, -0.15) is 0 Å². The van der Waals surface area contributed by atoms with E-state index in [0.29, 0.717) is 26.2 Å². The van der Waals surface area contributed by atoms with Crippen molar-refractivity contribution in [3.63, 3.8) is 0 Å². The highest BCUT2D eigenvalue weighted by Crippen LogP contribution is 2.56. The summed E-state index contributed by atoms with van der Waals surface area (Å²) in [6.45, 7) is 10.2. The maximum Gasteiger partial charge on any atom is 0.309 e. The van der Waals surface area contributed by atoms with Crippen LogP contribution in [0.4, 0.5) is 0 Å². The Balaban J connectivity index is 0.000000189. The molecule has 2 aromatic rings. The van der Waals surface area contributed by atoms with Crippen LogP contribution in [0, 0.1) is 16.7 Å². The van der Waals surface area contributed by atoms with Crippen molar-refractivity contribution in [1.82, 2.24) is 9.80 Å². The summed E-state index contributed by atoms with van der Waals surface area (Å²) in [5.74, 6) is 0.0671. The molecule has 1 N–H and O–H groups in total. The number of esters is 2. The van der Waals surface area contributed by atoms with Crippen LogP contribution in [0.3, 0.4) is 0 Å². The van der Waals surface area contributed by atoms with E-state index in [1.54, 1.807) is 0 Å². The van der Waals surface area contributed by atoms with Crippen molar-refractivity contribution in [1.29, 1.82) is 0 Å². The molecule has 2 saturated carbocycles. The van der Waals surface area contributed by atoms with Gasteiger partial charge in [0.1, 0.15) is 0 Å². The first-order valence-electron chi connectivity index (χ1n) is 15.4. The molecule has 41 heavy (non-hydrogen) atoms. The van der Waals surface area contributed by atoms with Gasteiger partial charge in [0, 0.05) is 32.7 Å². The van der Waals surface area contributed by atoms with Gasteiger partial charge in [-0.3, -0.25) is 19.4 Å². The molecular formula is C34H48N2O5.